The fourth-order valence-corrected chi connectivity index (χ4v) is 2.18. The van der Waals surface area contributed by atoms with E-state index in [0.29, 0.717) is 18.6 Å². The van der Waals surface area contributed by atoms with Gasteiger partial charge in [0.15, 0.2) is 0 Å². The minimum Gasteiger partial charge on any atom is -0.371 e. The highest BCUT2D eigenvalue weighted by atomic mass is 16.1. The van der Waals surface area contributed by atoms with Gasteiger partial charge >= 0.3 is 0 Å². The molecule has 0 atom stereocenters. The molecule has 1 aliphatic heterocycles. The molecule has 2 heteroatoms. The summed E-state index contributed by atoms with van der Waals surface area (Å²) in [7, 11) is 0. The average Bonchev–Trinajstić information content (AvgIpc) is 2.32. The Kier molecular flexibility index (Phi) is 3.60. The minimum atomic E-state index is 0.402. The Morgan fingerprint density at radius 3 is 2.31 bits per heavy atom. The zero-order valence-corrected chi connectivity index (χ0v) is 9.91. The number of carbonyl (C=O) groups excluding carboxylic acids is 1. The molecule has 0 aromatic heterocycles. The van der Waals surface area contributed by atoms with Crippen molar-refractivity contribution < 1.29 is 4.79 Å². The Morgan fingerprint density at radius 2 is 1.75 bits per heavy atom. The van der Waals surface area contributed by atoms with E-state index in [1.807, 2.05) is 0 Å². The van der Waals surface area contributed by atoms with E-state index < -0.39 is 0 Å². The van der Waals surface area contributed by atoms with Gasteiger partial charge in [0, 0.05) is 31.6 Å². The molecular weight excluding hydrogens is 198 g/mol. The summed E-state index contributed by atoms with van der Waals surface area (Å²) in [6.45, 7) is 3.96. The molecule has 0 spiro atoms. The number of hydrogen-bond donors (Lipinski definition) is 0. The lowest BCUT2D eigenvalue weighted by molar-refractivity contribution is -0.119. The van der Waals surface area contributed by atoms with Crippen molar-refractivity contribution in [3.05, 3.63) is 29.8 Å². The van der Waals surface area contributed by atoms with Crippen LogP contribution < -0.4 is 4.90 Å². The summed E-state index contributed by atoms with van der Waals surface area (Å²) in [5.74, 6) is 0.402. The average molecular weight is 217 g/mol. The predicted molar refractivity (Wildman–Crippen MR) is 66.9 cm³/mol. The fraction of sp³-hybridized carbons (Fsp3) is 0.500. The van der Waals surface area contributed by atoms with Crippen molar-refractivity contribution in [1.29, 1.82) is 0 Å². The highest BCUT2D eigenvalue weighted by Gasteiger charge is 2.15. The molecule has 1 aromatic carbocycles. The van der Waals surface area contributed by atoms with Gasteiger partial charge < -0.3 is 4.90 Å². The van der Waals surface area contributed by atoms with Gasteiger partial charge in [-0.2, -0.15) is 0 Å². The summed E-state index contributed by atoms with van der Waals surface area (Å²) in [5, 5.41) is 0. The third kappa shape index (κ3) is 2.63. The van der Waals surface area contributed by atoms with Gasteiger partial charge in [0.25, 0.3) is 0 Å². The molecule has 2 rings (SSSR count). The van der Waals surface area contributed by atoms with Crippen molar-refractivity contribution >= 4 is 11.5 Å². The third-order valence-electron chi connectivity index (χ3n) is 3.16. The quantitative estimate of drug-likeness (QED) is 0.776. The largest absolute Gasteiger partial charge is 0.371 e. The van der Waals surface area contributed by atoms with E-state index in [1.165, 1.54) is 17.7 Å². The van der Waals surface area contributed by atoms with Gasteiger partial charge in [0.05, 0.1) is 0 Å². The van der Waals surface area contributed by atoms with Crippen molar-refractivity contribution in [2.75, 3.05) is 18.0 Å². The number of benzene rings is 1. The van der Waals surface area contributed by atoms with Crippen molar-refractivity contribution in [3.63, 3.8) is 0 Å². The highest BCUT2D eigenvalue weighted by Crippen LogP contribution is 2.19. The van der Waals surface area contributed by atoms with Crippen LogP contribution in [0.2, 0.25) is 0 Å². The van der Waals surface area contributed by atoms with E-state index in [0.717, 1.165) is 19.5 Å². The maximum atomic E-state index is 11.2. The maximum Gasteiger partial charge on any atom is 0.136 e. The second kappa shape index (κ2) is 5.15. The molecule has 1 heterocycles. The van der Waals surface area contributed by atoms with Crippen LogP contribution in [0.5, 0.6) is 0 Å². The molecule has 2 nitrogen and oxygen atoms in total. The standard InChI is InChI=1S/C14H19NO/c1-2-3-12-4-6-13(7-5-12)15-10-8-14(16)9-11-15/h4-7H,2-3,8-11H2,1H3. The first-order valence-electron chi connectivity index (χ1n) is 6.15. The van der Waals surface area contributed by atoms with Crippen LogP contribution >= 0.6 is 0 Å². The molecule has 0 saturated carbocycles. The zero-order chi connectivity index (χ0) is 11.4. The van der Waals surface area contributed by atoms with Crippen LogP contribution in [-0.4, -0.2) is 18.9 Å². The van der Waals surface area contributed by atoms with E-state index in [4.69, 9.17) is 0 Å². The first kappa shape index (κ1) is 11.2. The molecule has 0 bridgehead atoms. The van der Waals surface area contributed by atoms with Gasteiger partial charge in [-0.25, -0.2) is 0 Å². The molecule has 1 saturated heterocycles. The van der Waals surface area contributed by atoms with Crippen molar-refractivity contribution in [3.8, 4) is 0 Å². The number of ketones is 1. The van der Waals surface area contributed by atoms with E-state index in [1.54, 1.807) is 0 Å². The Hall–Kier alpha value is -1.31. The number of aryl methyl sites for hydroxylation is 1. The normalized spacial score (nSPS) is 16.6. The fourth-order valence-electron chi connectivity index (χ4n) is 2.18. The lowest BCUT2D eigenvalue weighted by atomic mass is 10.1. The second-order valence-corrected chi connectivity index (χ2v) is 4.44. The highest BCUT2D eigenvalue weighted by molar-refractivity contribution is 5.81. The lowest BCUT2D eigenvalue weighted by Crippen LogP contribution is -2.33. The molecule has 1 fully saturated rings. The summed E-state index contributed by atoms with van der Waals surface area (Å²) in [4.78, 5) is 13.5. The van der Waals surface area contributed by atoms with Crippen LogP contribution in [0.15, 0.2) is 24.3 Å². The van der Waals surface area contributed by atoms with Gasteiger partial charge in [-0.1, -0.05) is 25.5 Å². The maximum absolute atomic E-state index is 11.2. The van der Waals surface area contributed by atoms with Gasteiger partial charge in [-0.3, -0.25) is 4.79 Å². The first-order chi connectivity index (χ1) is 7.79. The molecule has 0 aliphatic carbocycles. The molecular formula is C14H19NO. The van der Waals surface area contributed by atoms with Gasteiger partial charge in [0.1, 0.15) is 5.78 Å². The Morgan fingerprint density at radius 1 is 1.12 bits per heavy atom. The van der Waals surface area contributed by atoms with Crippen molar-refractivity contribution in [2.45, 2.75) is 32.6 Å². The number of rotatable bonds is 3. The molecule has 0 N–H and O–H groups in total. The Labute approximate surface area is 97.3 Å². The molecule has 16 heavy (non-hydrogen) atoms. The zero-order valence-electron chi connectivity index (χ0n) is 9.91. The SMILES string of the molecule is CCCc1ccc(N2CCC(=O)CC2)cc1. The molecule has 1 aliphatic rings. The number of nitrogens with zero attached hydrogens (tertiary/aromatic N) is 1. The van der Waals surface area contributed by atoms with Crippen LogP contribution in [0.1, 0.15) is 31.7 Å². The lowest BCUT2D eigenvalue weighted by Gasteiger charge is -2.28. The number of piperidine rings is 1. The number of Topliss-reactive ketones (excluding diaryl/α,β-unsaturated/α-hetero) is 1. The van der Waals surface area contributed by atoms with E-state index in [-0.39, 0.29) is 0 Å². The number of anilines is 1. The molecule has 1 aromatic rings. The molecule has 86 valence electrons. The minimum absolute atomic E-state index is 0.402. The van der Waals surface area contributed by atoms with Crippen LogP contribution in [0.25, 0.3) is 0 Å². The van der Waals surface area contributed by atoms with E-state index in [2.05, 4.69) is 36.1 Å². The summed E-state index contributed by atoms with van der Waals surface area (Å²) in [6, 6.07) is 8.77. The number of hydrogen-bond acceptors (Lipinski definition) is 2. The van der Waals surface area contributed by atoms with Crippen molar-refractivity contribution in [1.82, 2.24) is 0 Å². The smallest absolute Gasteiger partial charge is 0.136 e. The van der Waals surface area contributed by atoms with Crippen LogP contribution in [-0.2, 0) is 11.2 Å². The van der Waals surface area contributed by atoms with Gasteiger partial charge in [-0.15, -0.1) is 0 Å². The van der Waals surface area contributed by atoms with Crippen LogP contribution in [0, 0.1) is 0 Å². The van der Waals surface area contributed by atoms with E-state index >= 15 is 0 Å². The topological polar surface area (TPSA) is 20.3 Å². The Balaban J connectivity index is 2.01. The van der Waals surface area contributed by atoms with E-state index in [9.17, 15) is 4.79 Å². The molecule has 0 amide bonds. The summed E-state index contributed by atoms with van der Waals surface area (Å²) in [6.07, 6.45) is 3.75. The third-order valence-corrected chi connectivity index (χ3v) is 3.16. The van der Waals surface area contributed by atoms with Crippen LogP contribution in [0.3, 0.4) is 0 Å². The first-order valence-corrected chi connectivity index (χ1v) is 6.15. The summed E-state index contributed by atoms with van der Waals surface area (Å²) < 4.78 is 0. The molecule has 0 radical (unpaired) electrons. The number of carbonyl (C=O) groups is 1. The van der Waals surface area contributed by atoms with Gasteiger partial charge in [0.2, 0.25) is 0 Å². The molecule has 0 unspecified atom stereocenters. The second-order valence-electron chi connectivity index (χ2n) is 4.44. The van der Waals surface area contributed by atoms with Gasteiger partial charge in [-0.05, 0) is 24.1 Å². The Bertz CT molecular complexity index is 346. The summed E-state index contributed by atoms with van der Waals surface area (Å²) in [5.41, 5.74) is 2.66. The summed E-state index contributed by atoms with van der Waals surface area (Å²) >= 11 is 0. The predicted octanol–water partition coefficient (Wildman–Crippen LogP) is 2.81. The van der Waals surface area contributed by atoms with Crippen LogP contribution in [0.4, 0.5) is 5.69 Å². The van der Waals surface area contributed by atoms with Crippen molar-refractivity contribution in [2.24, 2.45) is 0 Å². The monoisotopic (exact) mass is 217 g/mol.